The van der Waals surface area contributed by atoms with E-state index in [2.05, 4.69) is 13.8 Å². The Kier molecular flexibility index (Phi) is 12.0. The van der Waals surface area contributed by atoms with E-state index in [0.29, 0.717) is 44.4 Å². The Morgan fingerprint density at radius 3 is 2.21 bits per heavy atom. The Morgan fingerprint density at radius 1 is 0.941 bits per heavy atom. The minimum Gasteiger partial charge on any atom is -0.492 e. The Hall–Kier alpha value is -3.06. The summed E-state index contributed by atoms with van der Waals surface area (Å²) in [6.07, 6.45) is 1.06. The standard InChI is InChI=1S/C27H37NO6/c1-4-21(5-2)19-28(27(31)34-20-23-10-8-7-9-11-23)16-17-33-24-14-12-22(13-15-24)18-25(26(29)30)32-6-3/h7-15,21,25H,4-6,16-20H2,1-3H3,(H,29,30). The second-order valence-electron chi connectivity index (χ2n) is 8.15. The number of carboxylic acids is 1. The van der Waals surface area contributed by atoms with E-state index in [4.69, 9.17) is 14.2 Å². The maximum atomic E-state index is 12.8. The fourth-order valence-electron chi connectivity index (χ4n) is 3.55. The van der Waals surface area contributed by atoms with Crippen molar-refractivity contribution in [2.24, 2.45) is 5.92 Å². The molecule has 2 rings (SSSR count). The largest absolute Gasteiger partial charge is 0.492 e. The van der Waals surface area contributed by atoms with Gasteiger partial charge < -0.3 is 24.2 Å². The van der Waals surface area contributed by atoms with Gasteiger partial charge in [-0.25, -0.2) is 9.59 Å². The van der Waals surface area contributed by atoms with Gasteiger partial charge in [0.05, 0.1) is 6.54 Å². The third kappa shape index (κ3) is 9.43. The predicted molar refractivity (Wildman–Crippen MR) is 131 cm³/mol. The van der Waals surface area contributed by atoms with Crippen molar-refractivity contribution in [3.8, 4) is 5.75 Å². The maximum Gasteiger partial charge on any atom is 0.410 e. The van der Waals surface area contributed by atoms with Crippen LogP contribution in [0.25, 0.3) is 0 Å². The Balaban J connectivity index is 1.90. The van der Waals surface area contributed by atoms with E-state index < -0.39 is 12.1 Å². The molecule has 0 aliphatic rings. The molecule has 0 aliphatic carbocycles. The van der Waals surface area contributed by atoms with Crippen LogP contribution in [-0.4, -0.2) is 54.5 Å². The zero-order chi connectivity index (χ0) is 24.8. The molecular formula is C27H37NO6. The highest BCUT2D eigenvalue weighted by atomic mass is 16.6. The summed E-state index contributed by atoms with van der Waals surface area (Å²) in [5.74, 6) is 0.0853. The van der Waals surface area contributed by atoms with Crippen LogP contribution in [0.15, 0.2) is 54.6 Å². The molecule has 186 valence electrons. The zero-order valence-corrected chi connectivity index (χ0v) is 20.4. The molecule has 0 fully saturated rings. The minimum atomic E-state index is -0.973. The van der Waals surface area contributed by atoms with Gasteiger partial charge in [-0.2, -0.15) is 0 Å². The van der Waals surface area contributed by atoms with Crippen molar-refractivity contribution >= 4 is 12.1 Å². The van der Waals surface area contributed by atoms with Crippen molar-refractivity contribution in [2.45, 2.75) is 52.7 Å². The van der Waals surface area contributed by atoms with Crippen molar-refractivity contribution < 1.29 is 28.9 Å². The first-order valence-electron chi connectivity index (χ1n) is 12.0. The smallest absolute Gasteiger partial charge is 0.410 e. The lowest BCUT2D eigenvalue weighted by molar-refractivity contribution is -0.149. The maximum absolute atomic E-state index is 12.8. The van der Waals surface area contributed by atoms with E-state index in [0.717, 1.165) is 24.0 Å². The topological polar surface area (TPSA) is 85.3 Å². The first-order chi connectivity index (χ1) is 16.5. The second kappa shape index (κ2) is 15.0. The molecule has 7 heteroatoms. The molecule has 0 aromatic heterocycles. The van der Waals surface area contributed by atoms with E-state index in [9.17, 15) is 14.7 Å². The normalized spacial score (nSPS) is 11.8. The fraction of sp³-hybridized carbons (Fsp3) is 0.481. The molecular weight excluding hydrogens is 434 g/mol. The summed E-state index contributed by atoms with van der Waals surface area (Å²) >= 11 is 0. The number of nitrogens with zero attached hydrogens (tertiary/aromatic N) is 1. The van der Waals surface area contributed by atoms with E-state index in [1.54, 1.807) is 24.0 Å². The molecule has 0 heterocycles. The highest BCUT2D eigenvalue weighted by Gasteiger charge is 2.20. The third-order valence-electron chi connectivity index (χ3n) is 5.71. The van der Waals surface area contributed by atoms with Crippen LogP contribution in [0.1, 0.15) is 44.7 Å². The molecule has 0 saturated carbocycles. The summed E-state index contributed by atoms with van der Waals surface area (Å²) in [7, 11) is 0. The molecule has 1 N–H and O–H groups in total. The minimum absolute atomic E-state index is 0.237. The second-order valence-corrected chi connectivity index (χ2v) is 8.15. The monoisotopic (exact) mass is 471 g/mol. The average molecular weight is 472 g/mol. The molecule has 0 radical (unpaired) electrons. The summed E-state index contributed by atoms with van der Waals surface area (Å²) in [5.41, 5.74) is 1.80. The molecule has 1 amide bonds. The van der Waals surface area contributed by atoms with Crippen molar-refractivity contribution in [3.05, 3.63) is 65.7 Å². The van der Waals surface area contributed by atoms with Crippen LogP contribution in [0.3, 0.4) is 0 Å². The summed E-state index contributed by atoms with van der Waals surface area (Å²) in [5, 5.41) is 9.24. The van der Waals surface area contributed by atoms with Gasteiger partial charge in [0.1, 0.15) is 19.0 Å². The Bertz CT molecular complexity index is 851. The number of aliphatic carboxylic acids is 1. The summed E-state index contributed by atoms with van der Waals surface area (Å²) in [4.78, 5) is 25.8. The van der Waals surface area contributed by atoms with Gasteiger partial charge in [-0.1, -0.05) is 69.2 Å². The molecule has 34 heavy (non-hydrogen) atoms. The zero-order valence-electron chi connectivity index (χ0n) is 20.4. The lowest BCUT2D eigenvalue weighted by Gasteiger charge is -2.26. The fourth-order valence-corrected chi connectivity index (χ4v) is 3.55. The number of hydrogen-bond acceptors (Lipinski definition) is 5. The van der Waals surface area contributed by atoms with Crippen LogP contribution in [0, 0.1) is 5.92 Å². The van der Waals surface area contributed by atoms with Crippen LogP contribution < -0.4 is 4.74 Å². The van der Waals surface area contributed by atoms with E-state index >= 15 is 0 Å². The summed E-state index contributed by atoms with van der Waals surface area (Å²) < 4.78 is 16.7. The summed E-state index contributed by atoms with van der Waals surface area (Å²) in [6, 6.07) is 16.9. The van der Waals surface area contributed by atoms with Crippen LogP contribution in [0.2, 0.25) is 0 Å². The van der Waals surface area contributed by atoms with Gasteiger partial charge in [0.15, 0.2) is 6.10 Å². The Morgan fingerprint density at radius 2 is 1.62 bits per heavy atom. The number of carbonyl (C=O) groups is 2. The summed E-state index contributed by atoms with van der Waals surface area (Å²) in [6.45, 7) is 7.97. The van der Waals surface area contributed by atoms with Gasteiger partial charge in [0, 0.05) is 19.6 Å². The molecule has 0 spiro atoms. The van der Waals surface area contributed by atoms with Crippen molar-refractivity contribution in [2.75, 3.05) is 26.3 Å². The van der Waals surface area contributed by atoms with Crippen LogP contribution in [0.4, 0.5) is 4.79 Å². The average Bonchev–Trinajstić information content (AvgIpc) is 2.86. The number of benzene rings is 2. The van der Waals surface area contributed by atoms with Crippen molar-refractivity contribution in [3.63, 3.8) is 0 Å². The first-order valence-corrected chi connectivity index (χ1v) is 12.0. The lowest BCUT2D eigenvalue weighted by Crippen LogP contribution is -2.38. The highest BCUT2D eigenvalue weighted by Crippen LogP contribution is 2.16. The molecule has 7 nitrogen and oxygen atoms in total. The van der Waals surface area contributed by atoms with Crippen molar-refractivity contribution in [1.29, 1.82) is 0 Å². The van der Waals surface area contributed by atoms with Gasteiger partial charge >= 0.3 is 12.1 Å². The van der Waals surface area contributed by atoms with Gasteiger partial charge in [-0.15, -0.1) is 0 Å². The number of ether oxygens (including phenoxy) is 3. The van der Waals surface area contributed by atoms with E-state index in [-0.39, 0.29) is 12.7 Å². The van der Waals surface area contributed by atoms with Gasteiger partial charge in [0.25, 0.3) is 0 Å². The molecule has 1 atom stereocenters. The SMILES string of the molecule is CCOC(Cc1ccc(OCCN(CC(CC)CC)C(=O)OCc2ccccc2)cc1)C(=O)O. The first kappa shape index (κ1) is 27.2. The van der Waals surface area contributed by atoms with Crippen LogP contribution >= 0.6 is 0 Å². The number of carboxylic acid groups (broad SMARTS) is 1. The van der Waals surface area contributed by atoms with Gasteiger partial charge in [-0.3, -0.25) is 0 Å². The predicted octanol–water partition coefficient (Wildman–Crippen LogP) is 5.17. The number of carbonyl (C=O) groups excluding carboxylic acids is 1. The number of amides is 1. The molecule has 0 saturated heterocycles. The third-order valence-corrected chi connectivity index (χ3v) is 5.71. The highest BCUT2D eigenvalue weighted by molar-refractivity contribution is 5.72. The lowest BCUT2D eigenvalue weighted by atomic mass is 10.0. The molecule has 0 bridgehead atoms. The van der Waals surface area contributed by atoms with E-state index in [1.165, 1.54) is 0 Å². The number of hydrogen-bond donors (Lipinski definition) is 1. The van der Waals surface area contributed by atoms with E-state index in [1.807, 2.05) is 42.5 Å². The van der Waals surface area contributed by atoms with Crippen LogP contribution in [-0.2, 0) is 27.3 Å². The quantitative estimate of drug-likeness (QED) is 0.386. The van der Waals surface area contributed by atoms with Gasteiger partial charge in [0.2, 0.25) is 0 Å². The number of rotatable bonds is 15. The Labute approximate surface area is 202 Å². The molecule has 1 unspecified atom stereocenters. The van der Waals surface area contributed by atoms with Crippen LogP contribution in [0.5, 0.6) is 5.75 Å². The van der Waals surface area contributed by atoms with Crippen molar-refractivity contribution in [1.82, 2.24) is 4.90 Å². The molecule has 0 aliphatic heterocycles. The molecule has 2 aromatic rings. The van der Waals surface area contributed by atoms with Gasteiger partial charge in [-0.05, 0) is 36.1 Å². The molecule has 2 aromatic carbocycles.